The fourth-order valence-electron chi connectivity index (χ4n) is 4.25. The molecule has 6 nitrogen and oxygen atoms in total. The smallest absolute Gasteiger partial charge is 0.263 e. The van der Waals surface area contributed by atoms with E-state index < -0.39 is 10.0 Å². The van der Waals surface area contributed by atoms with E-state index in [9.17, 15) is 13.2 Å². The molecule has 172 valence electrons. The number of piperidine rings is 1. The SMILES string of the molecule is CCN1CCC(N(C(=O)c2cccc(NS(=O)(=O)c3cc(Cl)ccc3Cl)c2)C2CC2)CC1. The van der Waals surface area contributed by atoms with Gasteiger partial charge in [-0.3, -0.25) is 9.52 Å². The second-order valence-corrected chi connectivity index (χ2v) is 10.9. The predicted octanol–water partition coefficient (Wildman–Crippen LogP) is 4.88. The normalized spacial score (nSPS) is 17.8. The van der Waals surface area contributed by atoms with Gasteiger partial charge >= 0.3 is 0 Å². The molecule has 1 aliphatic heterocycles. The van der Waals surface area contributed by atoms with E-state index in [0.717, 1.165) is 45.3 Å². The standard InChI is InChI=1S/C23H27Cl2N3O3S/c1-2-27-12-10-20(11-13-27)28(19-7-8-19)23(29)16-4-3-5-18(14-16)26-32(30,31)22-15-17(24)6-9-21(22)25/h3-6,9,14-15,19-20,26H,2,7-8,10-13H2,1H3. The van der Waals surface area contributed by atoms with Crippen LogP contribution in [-0.4, -0.2) is 55.8 Å². The second kappa shape index (κ2) is 9.59. The lowest BCUT2D eigenvalue weighted by Gasteiger charge is -2.38. The summed E-state index contributed by atoms with van der Waals surface area (Å²) >= 11 is 12.0. The third-order valence-corrected chi connectivity index (χ3v) is 8.21. The Labute approximate surface area is 199 Å². The number of anilines is 1. The molecule has 32 heavy (non-hydrogen) atoms. The second-order valence-electron chi connectivity index (χ2n) is 8.37. The quantitative estimate of drug-likeness (QED) is 0.593. The number of carbonyl (C=O) groups excluding carboxylic acids is 1. The summed E-state index contributed by atoms with van der Waals surface area (Å²) in [5, 5.41) is 0.348. The summed E-state index contributed by atoms with van der Waals surface area (Å²) < 4.78 is 28.2. The zero-order valence-corrected chi connectivity index (χ0v) is 20.3. The van der Waals surface area contributed by atoms with Crippen molar-refractivity contribution in [2.75, 3.05) is 24.4 Å². The van der Waals surface area contributed by atoms with Crippen LogP contribution in [0.25, 0.3) is 0 Å². The van der Waals surface area contributed by atoms with Gasteiger partial charge < -0.3 is 9.80 Å². The van der Waals surface area contributed by atoms with E-state index in [-0.39, 0.29) is 32.9 Å². The summed E-state index contributed by atoms with van der Waals surface area (Å²) in [6.45, 7) is 5.19. The van der Waals surface area contributed by atoms with Crippen molar-refractivity contribution in [2.24, 2.45) is 0 Å². The molecule has 1 saturated carbocycles. The zero-order valence-electron chi connectivity index (χ0n) is 17.9. The van der Waals surface area contributed by atoms with E-state index in [1.165, 1.54) is 18.2 Å². The average Bonchev–Trinajstić information content (AvgIpc) is 3.61. The van der Waals surface area contributed by atoms with Crippen LogP contribution in [0.2, 0.25) is 10.0 Å². The van der Waals surface area contributed by atoms with Gasteiger partial charge in [-0.25, -0.2) is 8.42 Å². The minimum atomic E-state index is -3.96. The molecule has 0 spiro atoms. The van der Waals surface area contributed by atoms with Gasteiger partial charge in [0.25, 0.3) is 15.9 Å². The molecule has 2 fully saturated rings. The summed E-state index contributed by atoms with van der Waals surface area (Å²) in [7, 11) is -3.96. The van der Waals surface area contributed by atoms with Crippen LogP contribution in [0.15, 0.2) is 47.4 Å². The van der Waals surface area contributed by atoms with Crippen molar-refractivity contribution in [3.05, 3.63) is 58.1 Å². The highest BCUT2D eigenvalue weighted by molar-refractivity contribution is 7.92. The van der Waals surface area contributed by atoms with E-state index in [0.29, 0.717) is 11.3 Å². The number of nitrogens with one attached hydrogen (secondary N) is 1. The Morgan fingerprint density at radius 1 is 1.06 bits per heavy atom. The van der Waals surface area contributed by atoms with Crippen LogP contribution in [0, 0.1) is 0 Å². The molecule has 0 unspecified atom stereocenters. The molecule has 9 heteroatoms. The Kier molecular flexibility index (Phi) is 7.00. The molecule has 1 N–H and O–H groups in total. The first-order valence-electron chi connectivity index (χ1n) is 10.9. The average molecular weight is 496 g/mol. The van der Waals surface area contributed by atoms with Crippen molar-refractivity contribution in [1.82, 2.24) is 9.80 Å². The lowest BCUT2D eigenvalue weighted by molar-refractivity contribution is 0.0554. The lowest BCUT2D eigenvalue weighted by Crippen LogP contribution is -2.48. The van der Waals surface area contributed by atoms with Gasteiger partial charge in [-0.1, -0.05) is 36.2 Å². The molecule has 1 aliphatic carbocycles. The first-order valence-corrected chi connectivity index (χ1v) is 13.2. The van der Waals surface area contributed by atoms with Gasteiger partial charge in [0.2, 0.25) is 0 Å². The Hall–Kier alpha value is -1.80. The summed E-state index contributed by atoms with van der Waals surface area (Å²) in [5.41, 5.74) is 0.788. The first-order chi connectivity index (χ1) is 15.3. The third kappa shape index (κ3) is 5.22. The zero-order chi connectivity index (χ0) is 22.9. The highest BCUT2D eigenvalue weighted by atomic mass is 35.5. The third-order valence-electron chi connectivity index (χ3n) is 6.12. The largest absolute Gasteiger partial charge is 0.333 e. The molecule has 1 saturated heterocycles. The van der Waals surface area contributed by atoms with E-state index >= 15 is 0 Å². The number of nitrogens with zero attached hydrogens (tertiary/aromatic N) is 2. The van der Waals surface area contributed by atoms with Crippen LogP contribution in [0.3, 0.4) is 0 Å². The van der Waals surface area contributed by atoms with Crippen molar-refractivity contribution in [2.45, 2.75) is 49.6 Å². The summed E-state index contributed by atoms with van der Waals surface area (Å²) in [4.78, 5) is 17.8. The van der Waals surface area contributed by atoms with Crippen LogP contribution in [-0.2, 0) is 10.0 Å². The van der Waals surface area contributed by atoms with Gasteiger partial charge in [-0.2, -0.15) is 0 Å². The van der Waals surface area contributed by atoms with Gasteiger partial charge in [0.15, 0.2) is 0 Å². The number of amides is 1. The maximum absolute atomic E-state index is 13.5. The van der Waals surface area contributed by atoms with E-state index in [4.69, 9.17) is 23.2 Å². The summed E-state index contributed by atoms with van der Waals surface area (Å²) in [6.07, 6.45) is 3.99. The molecular weight excluding hydrogens is 469 g/mol. The Morgan fingerprint density at radius 3 is 2.41 bits per heavy atom. The fourth-order valence-corrected chi connectivity index (χ4v) is 6.07. The molecule has 2 aromatic rings. The molecule has 1 heterocycles. The molecule has 4 rings (SSSR count). The number of rotatable bonds is 7. The van der Waals surface area contributed by atoms with Crippen LogP contribution in [0.1, 0.15) is 43.0 Å². The Morgan fingerprint density at radius 2 is 1.75 bits per heavy atom. The molecule has 0 aromatic heterocycles. The van der Waals surface area contributed by atoms with Gasteiger partial charge in [0.05, 0.1) is 5.02 Å². The minimum Gasteiger partial charge on any atom is -0.333 e. The van der Waals surface area contributed by atoms with Crippen molar-refractivity contribution in [1.29, 1.82) is 0 Å². The molecule has 2 aliphatic rings. The number of halogens is 2. The lowest BCUT2D eigenvalue weighted by atomic mass is 10.0. The number of benzene rings is 2. The minimum absolute atomic E-state index is 0.0377. The summed E-state index contributed by atoms with van der Waals surface area (Å²) in [6, 6.07) is 11.4. The number of hydrogen-bond donors (Lipinski definition) is 1. The molecule has 2 aromatic carbocycles. The van der Waals surface area contributed by atoms with E-state index in [1.807, 2.05) is 4.90 Å². The molecule has 0 radical (unpaired) electrons. The van der Waals surface area contributed by atoms with Crippen LogP contribution in [0.4, 0.5) is 5.69 Å². The van der Waals surface area contributed by atoms with Crippen molar-refractivity contribution < 1.29 is 13.2 Å². The van der Waals surface area contributed by atoms with Crippen molar-refractivity contribution in [3.63, 3.8) is 0 Å². The van der Waals surface area contributed by atoms with Crippen LogP contribution < -0.4 is 4.72 Å². The molecule has 0 atom stereocenters. The predicted molar refractivity (Wildman–Crippen MR) is 128 cm³/mol. The number of sulfonamides is 1. The summed E-state index contributed by atoms with van der Waals surface area (Å²) in [5.74, 6) is -0.0377. The van der Waals surface area contributed by atoms with Gasteiger partial charge in [0.1, 0.15) is 4.90 Å². The Balaban J connectivity index is 1.54. The Bertz CT molecular complexity index is 1100. The van der Waals surface area contributed by atoms with Crippen molar-refractivity contribution >= 4 is 44.8 Å². The maximum Gasteiger partial charge on any atom is 0.263 e. The topological polar surface area (TPSA) is 69.7 Å². The molecular formula is C23H27Cl2N3O3S. The van der Waals surface area contributed by atoms with Crippen LogP contribution >= 0.6 is 23.2 Å². The highest BCUT2D eigenvalue weighted by Crippen LogP contribution is 2.34. The molecule has 1 amide bonds. The van der Waals surface area contributed by atoms with E-state index in [1.54, 1.807) is 24.3 Å². The number of hydrogen-bond acceptors (Lipinski definition) is 4. The van der Waals surface area contributed by atoms with Gasteiger partial charge in [0, 0.05) is 41.4 Å². The fraction of sp³-hybridized carbons (Fsp3) is 0.435. The van der Waals surface area contributed by atoms with Gasteiger partial charge in [-0.15, -0.1) is 0 Å². The molecule has 0 bridgehead atoms. The monoisotopic (exact) mass is 495 g/mol. The number of likely N-dealkylation sites (tertiary alicyclic amines) is 1. The van der Waals surface area contributed by atoms with Crippen LogP contribution in [0.5, 0.6) is 0 Å². The highest BCUT2D eigenvalue weighted by Gasteiger charge is 2.38. The van der Waals surface area contributed by atoms with Gasteiger partial charge in [-0.05, 0) is 68.6 Å². The number of carbonyl (C=O) groups is 1. The maximum atomic E-state index is 13.5. The van der Waals surface area contributed by atoms with E-state index in [2.05, 4.69) is 16.5 Å². The first kappa shape index (κ1) is 23.4. The van der Waals surface area contributed by atoms with Crippen molar-refractivity contribution in [3.8, 4) is 0 Å².